The molecule has 1 aliphatic heterocycles. The lowest BCUT2D eigenvalue weighted by Crippen LogP contribution is -2.50. The summed E-state index contributed by atoms with van der Waals surface area (Å²) < 4.78 is 4.95. The van der Waals surface area contributed by atoms with Gasteiger partial charge in [0.15, 0.2) is 0 Å². The van der Waals surface area contributed by atoms with Crippen molar-refractivity contribution >= 4 is 17.5 Å². The van der Waals surface area contributed by atoms with Gasteiger partial charge in [-0.05, 0) is 30.3 Å². The van der Waals surface area contributed by atoms with Gasteiger partial charge in [-0.25, -0.2) is 0 Å². The summed E-state index contributed by atoms with van der Waals surface area (Å²) in [5, 5.41) is 0. The van der Waals surface area contributed by atoms with E-state index in [-0.39, 0.29) is 11.8 Å². The second-order valence-electron chi connectivity index (χ2n) is 6.04. The molecule has 0 aliphatic carbocycles. The highest BCUT2D eigenvalue weighted by Crippen LogP contribution is 2.15. The van der Waals surface area contributed by atoms with E-state index in [0.29, 0.717) is 37.3 Å². The van der Waals surface area contributed by atoms with E-state index in [4.69, 9.17) is 4.42 Å². The van der Waals surface area contributed by atoms with Crippen molar-refractivity contribution in [2.45, 2.75) is 0 Å². The molecule has 1 fully saturated rings. The number of hydrogen-bond donors (Lipinski definition) is 0. The Morgan fingerprint density at radius 3 is 1.88 bits per heavy atom. The molecule has 0 saturated carbocycles. The normalized spacial score (nSPS) is 14.6. The van der Waals surface area contributed by atoms with Crippen LogP contribution in [0.25, 0.3) is 0 Å². The van der Waals surface area contributed by atoms with Crippen LogP contribution >= 0.6 is 0 Å². The summed E-state index contributed by atoms with van der Waals surface area (Å²) in [7, 11) is 3.93. The molecule has 0 N–H and O–H groups in total. The third kappa shape index (κ3) is 3.27. The van der Waals surface area contributed by atoms with E-state index >= 15 is 0 Å². The minimum absolute atomic E-state index is 0.00992. The molecule has 2 heterocycles. The molecule has 0 atom stereocenters. The maximum Gasteiger partial charge on any atom is 0.257 e. The molecule has 2 amide bonds. The fourth-order valence-corrected chi connectivity index (χ4v) is 2.77. The molecular weight excluding hydrogens is 306 g/mol. The first-order valence-corrected chi connectivity index (χ1v) is 7.94. The third-order valence-corrected chi connectivity index (χ3v) is 4.25. The van der Waals surface area contributed by atoms with Gasteiger partial charge in [-0.2, -0.15) is 0 Å². The van der Waals surface area contributed by atoms with Crippen molar-refractivity contribution in [1.82, 2.24) is 9.80 Å². The highest BCUT2D eigenvalue weighted by atomic mass is 16.3. The number of nitrogens with zero attached hydrogens (tertiary/aromatic N) is 3. The van der Waals surface area contributed by atoms with Crippen LogP contribution < -0.4 is 4.90 Å². The summed E-state index contributed by atoms with van der Waals surface area (Å²) in [6, 6.07) is 9.23. The Morgan fingerprint density at radius 2 is 1.42 bits per heavy atom. The number of carbonyl (C=O) groups excluding carboxylic acids is 2. The van der Waals surface area contributed by atoms with Crippen molar-refractivity contribution < 1.29 is 14.0 Å². The van der Waals surface area contributed by atoms with Gasteiger partial charge in [0.2, 0.25) is 0 Å². The number of piperazine rings is 1. The number of rotatable bonds is 3. The lowest BCUT2D eigenvalue weighted by molar-refractivity contribution is 0.0535. The lowest BCUT2D eigenvalue weighted by atomic mass is 10.1. The average molecular weight is 327 g/mol. The highest BCUT2D eigenvalue weighted by Gasteiger charge is 2.25. The molecule has 6 nitrogen and oxygen atoms in total. The van der Waals surface area contributed by atoms with Crippen LogP contribution in [0, 0.1) is 0 Å². The number of benzene rings is 1. The van der Waals surface area contributed by atoms with Crippen molar-refractivity contribution in [1.29, 1.82) is 0 Å². The van der Waals surface area contributed by atoms with Crippen molar-refractivity contribution in [3.63, 3.8) is 0 Å². The van der Waals surface area contributed by atoms with Gasteiger partial charge in [0, 0.05) is 51.5 Å². The van der Waals surface area contributed by atoms with Crippen LogP contribution in [0.5, 0.6) is 0 Å². The Morgan fingerprint density at radius 1 is 0.875 bits per heavy atom. The van der Waals surface area contributed by atoms with Crippen molar-refractivity contribution in [3.05, 3.63) is 54.0 Å². The smallest absolute Gasteiger partial charge is 0.257 e. The van der Waals surface area contributed by atoms with E-state index in [0.717, 1.165) is 5.69 Å². The number of hydrogen-bond acceptors (Lipinski definition) is 4. The SMILES string of the molecule is CN(C)c1ccc(C(=O)N2CCN(C(=O)c3ccoc3)CC2)cc1. The van der Waals surface area contributed by atoms with Crippen LogP contribution in [0.3, 0.4) is 0 Å². The molecule has 0 radical (unpaired) electrons. The molecule has 1 aromatic carbocycles. The molecule has 1 aliphatic rings. The molecular formula is C18H21N3O3. The lowest BCUT2D eigenvalue weighted by Gasteiger charge is -2.34. The number of amides is 2. The van der Waals surface area contributed by atoms with Gasteiger partial charge in [-0.1, -0.05) is 0 Å². The van der Waals surface area contributed by atoms with Crippen molar-refractivity contribution in [3.8, 4) is 0 Å². The van der Waals surface area contributed by atoms with Gasteiger partial charge < -0.3 is 19.1 Å². The Bertz CT molecular complexity index is 700. The first-order chi connectivity index (χ1) is 11.6. The fraction of sp³-hybridized carbons (Fsp3) is 0.333. The van der Waals surface area contributed by atoms with Gasteiger partial charge >= 0.3 is 0 Å². The summed E-state index contributed by atoms with van der Waals surface area (Å²) >= 11 is 0. The molecule has 3 rings (SSSR count). The van der Waals surface area contributed by atoms with Gasteiger partial charge in [-0.15, -0.1) is 0 Å². The van der Waals surface area contributed by atoms with Gasteiger partial charge in [-0.3, -0.25) is 9.59 Å². The highest BCUT2D eigenvalue weighted by molar-refractivity contribution is 5.96. The minimum atomic E-state index is -0.0498. The predicted octanol–water partition coefficient (Wildman–Crippen LogP) is 1.94. The first kappa shape index (κ1) is 16.1. The van der Waals surface area contributed by atoms with Crippen LogP contribution in [-0.2, 0) is 0 Å². The van der Waals surface area contributed by atoms with Crippen molar-refractivity contribution in [2.75, 3.05) is 45.2 Å². The Kier molecular flexibility index (Phi) is 4.55. The summed E-state index contributed by atoms with van der Waals surface area (Å²) in [6.45, 7) is 2.15. The minimum Gasteiger partial charge on any atom is -0.472 e. The maximum absolute atomic E-state index is 12.6. The molecule has 1 saturated heterocycles. The number of anilines is 1. The summed E-state index contributed by atoms with van der Waals surface area (Å²) in [5.74, 6) is -0.0399. The zero-order valence-corrected chi connectivity index (χ0v) is 13.9. The Hall–Kier alpha value is -2.76. The summed E-state index contributed by atoms with van der Waals surface area (Å²) in [5.41, 5.74) is 2.28. The zero-order chi connectivity index (χ0) is 17.1. The molecule has 6 heteroatoms. The third-order valence-electron chi connectivity index (χ3n) is 4.25. The predicted molar refractivity (Wildman–Crippen MR) is 91.3 cm³/mol. The number of carbonyl (C=O) groups is 2. The topological polar surface area (TPSA) is 57.0 Å². The van der Waals surface area contributed by atoms with Crippen LogP contribution in [0.1, 0.15) is 20.7 Å². The largest absolute Gasteiger partial charge is 0.472 e. The summed E-state index contributed by atoms with van der Waals surface area (Å²) in [6.07, 6.45) is 2.94. The first-order valence-electron chi connectivity index (χ1n) is 7.94. The standard InChI is InChI=1S/C18H21N3O3/c1-19(2)16-5-3-14(4-6-16)17(22)20-8-10-21(11-9-20)18(23)15-7-12-24-13-15/h3-7,12-13H,8-11H2,1-2H3. The molecule has 1 aromatic heterocycles. The van der Waals surface area contributed by atoms with Crippen molar-refractivity contribution in [2.24, 2.45) is 0 Å². The molecule has 2 aromatic rings. The maximum atomic E-state index is 12.6. The molecule has 126 valence electrons. The van der Waals surface area contributed by atoms with Crippen LogP contribution in [0.15, 0.2) is 47.3 Å². The van der Waals surface area contributed by atoms with Crippen LogP contribution in [-0.4, -0.2) is 61.9 Å². The number of furan rings is 1. The Labute approximate surface area is 141 Å². The van der Waals surface area contributed by atoms with E-state index in [1.807, 2.05) is 43.3 Å². The van der Waals surface area contributed by atoms with Gasteiger partial charge in [0.05, 0.1) is 11.8 Å². The van der Waals surface area contributed by atoms with Crippen LogP contribution in [0.4, 0.5) is 5.69 Å². The average Bonchev–Trinajstić information content (AvgIpc) is 3.15. The van der Waals surface area contributed by atoms with E-state index in [9.17, 15) is 9.59 Å². The summed E-state index contributed by atoms with van der Waals surface area (Å²) in [4.78, 5) is 30.4. The monoisotopic (exact) mass is 327 g/mol. The molecule has 24 heavy (non-hydrogen) atoms. The molecule has 0 unspecified atom stereocenters. The van der Waals surface area contributed by atoms with E-state index in [2.05, 4.69) is 0 Å². The van der Waals surface area contributed by atoms with Gasteiger partial charge in [0.25, 0.3) is 11.8 Å². The Balaban J connectivity index is 1.60. The van der Waals surface area contributed by atoms with E-state index in [1.54, 1.807) is 15.9 Å². The zero-order valence-electron chi connectivity index (χ0n) is 13.9. The van der Waals surface area contributed by atoms with Gasteiger partial charge in [0.1, 0.15) is 6.26 Å². The van der Waals surface area contributed by atoms with E-state index in [1.165, 1.54) is 12.5 Å². The second-order valence-corrected chi connectivity index (χ2v) is 6.04. The molecule has 0 bridgehead atoms. The quantitative estimate of drug-likeness (QED) is 0.864. The van der Waals surface area contributed by atoms with E-state index < -0.39 is 0 Å². The fourth-order valence-electron chi connectivity index (χ4n) is 2.77. The second kappa shape index (κ2) is 6.78. The van der Waals surface area contributed by atoms with Crippen LogP contribution in [0.2, 0.25) is 0 Å². The molecule has 0 spiro atoms.